The monoisotopic (exact) mass is 278 g/mol. The molecule has 1 aliphatic rings. The highest BCUT2D eigenvalue weighted by Gasteiger charge is 2.49. The van der Waals surface area contributed by atoms with Gasteiger partial charge in [-0.15, -0.1) is 0 Å². The molecule has 1 saturated heterocycles. The van der Waals surface area contributed by atoms with E-state index in [-0.39, 0.29) is 0 Å². The molecule has 0 amide bonds. The second-order valence-corrected chi connectivity index (χ2v) is 4.10. The van der Waals surface area contributed by atoms with Gasteiger partial charge in [-0.25, -0.2) is 0 Å². The smallest absolute Gasteiger partial charge is 0.303 e. The molecule has 2 N–H and O–H groups in total. The summed E-state index contributed by atoms with van der Waals surface area (Å²) < 4.78 is 20.1. The molecular formula is C11H18O8. The van der Waals surface area contributed by atoms with E-state index in [0.717, 1.165) is 6.92 Å². The summed E-state index contributed by atoms with van der Waals surface area (Å²) in [6, 6.07) is 0. The Balaban J connectivity index is 2.96. The van der Waals surface area contributed by atoms with E-state index in [9.17, 15) is 14.7 Å². The molecule has 1 aliphatic heterocycles. The zero-order chi connectivity index (χ0) is 14.6. The van der Waals surface area contributed by atoms with Gasteiger partial charge < -0.3 is 29.2 Å². The predicted octanol–water partition coefficient (Wildman–Crippen LogP) is -1.43. The van der Waals surface area contributed by atoms with Crippen LogP contribution in [-0.4, -0.2) is 66.6 Å². The molecule has 19 heavy (non-hydrogen) atoms. The average Bonchev–Trinajstić information content (AvgIpc) is 2.33. The van der Waals surface area contributed by atoms with Crippen LogP contribution in [0.3, 0.4) is 0 Å². The second-order valence-electron chi connectivity index (χ2n) is 4.10. The first kappa shape index (κ1) is 15.8. The number of aliphatic hydroxyl groups is 2. The molecule has 0 radical (unpaired) electrons. The molecule has 0 unspecified atom stereocenters. The van der Waals surface area contributed by atoms with Gasteiger partial charge in [-0.1, -0.05) is 0 Å². The minimum absolute atomic E-state index is 0.494. The number of methoxy groups -OCH3 is 1. The number of hydrogen-bond acceptors (Lipinski definition) is 8. The molecule has 1 fully saturated rings. The van der Waals surface area contributed by atoms with Crippen LogP contribution in [0, 0.1) is 0 Å². The van der Waals surface area contributed by atoms with Gasteiger partial charge in [-0.2, -0.15) is 0 Å². The SMILES string of the molecule is CO[C@@H]1O[C@@H](CO)[C@H](O)[C@@H](OC(C)=O)[C@@H]1OC(C)=O. The van der Waals surface area contributed by atoms with Crippen molar-refractivity contribution in [1.29, 1.82) is 0 Å². The third kappa shape index (κ3) is 3.87. The highest BCUT2D eigenvalue weighted by Crippen LogP contribution is 2.26. The van der Waals surface area contributed by atoms with E-state index in [2.05, 4.69) is 0 Å². The van der Waals surface area contributed by atoms with E-state index in [1.54, 1.807) is 0 Å². The molecule has 0 aromatic rings. The lowest BCUT2D eigenvalue weighted by Crippen LogP contribution is -2.61. The third-order valence-corrected chi connectivity index (χ3v) is 2.63. The number of hydrogen-bond donors (Lipinski definition) is 2. The van der Waals surface area contributed by atoms with Crippen molar-refractivity contribution < 1.29 is 38.7 Å². The summed E-state index contributed by atoms with van der Waals surface area (Å²) in [5.41, 5.74) is 0. The van der Waals surface area contributed by atoms with Gasteiger partial charge in [0.2, 0.25) is 0 Å². The number of carbonyl (C=O) groups excluding carboxylic acids is 2. The van der Waals surface area contributed by atoms with Crippen molar-refractivity contribution in [2.75, 3.05) is 13.7 Å². The summed E-state index contributed by atoms with van der Waals surface area (Å²) in [5, 5.41) is 19.1. The van der Waals surface area contributed by atoms with Crippen LogP contribution in [0.2, 0.25) is 0 Å². The van der Waals surface area contributed by atoms with Gasteiger partial charge in [0.25, 0.3) is 0 Å². The summed E-state index contributed by atoms with van der Waals surface area (Å²) in [7, 11) is 1.30. The van der Waals surface area contributed by atoms with Crippen LogP contribution in [0.25, 0.3) is 0 Å². The normalized spacial score (nSPS) is 34.7. The van der Waals surface area contributed by atoms with E-state index < -0.39 is 49.3 Å². The van der Waals surface area contributed by atoms with Crippen LogP contribution in [0.1, 0.15) is 13.8 Å². The largest absolute Gasteiger partial charge is 0.455 e. The Morgan fingerprint density at radius 2 is 1.68 bits per heavy atom. The standard InChI is InChI=1S/C11H18O8/c1-5(13)17-9-8(15)7(4-12)19-11(16-3)10(9)18-6(2)14/h7-12,15H,4H2,1-3H3/t7-,8-,9+,10-,11+/m0/s1. The van der Waals surface area contributed by atoms with Gasteiger partial charge >= 0.3 is 11.9 Å². The minimum Gasteiger partial charge on any atom is -0.455 e. The molecule has 0 spiro atoms. The van der Waals surface area contributed by atoms with E-state index in [1.807, 2.05) is 0 Å². The predicted molar refractivity (Wildman–Crippen MR) is 59.9 cm³/mol. The Labute approximate surface area is 110 Å². The first-order valence-corrected chi connectivity index (χ1v) is 5.72. The van der Waals surface area contributed by atoms with Crippen molar-refractivity contribution in [3.05, 3.63) is 0 Å². The second kappa shape index (κ2) is 6.80. The van der Waals surface area contributed by atoms with Crippen LogP contribution in [0.4, 0.5) is 0 Å². The van der Waals surface area contributed by atoms with Gasteiger partial charge in [-0.3, -0.25) is 9.59 Å². The average molecular weight is 278 g/mol. The zero-order valence-corrected chi connectivity index (χ0v) is 10.9. The number of rotatable bonds is 4. The van der Waals surface area contributed by atoms with E-state index in [1.165, 1.54) is 14.0 Å². The summed E-state index contributed by atoms with van der Waals surface area (Å²) in [6.45, 7) is 1.83. The van der Waals surface area contributed by atoms with Gasteiger partial charge in [0.1, 0.15) is 12.2 Å². The van der Waals surface area contributed by atoms with Crippen molar-refractivity contribution in [1.82, 2.24) is 0 Å². The van der Waals surface area contributed by atoms with Gasteiger partial charge in [-0.05, 0) is 0 Å². The summed E-state index contributed by atoms with van der Waals surface area (Å²) in [6.07, 6.45) is -5.65. The molecule has 8 heteroatoms. The highest BCUT2D eigenvalue weighted by atomic mass is 16.7. The van der Waals surface area contributed by atoms with Crippen LogP contribution in [-0.2, 0) is 28.5 Å². The van der Waals surface area contributed by atoms with Gasteiger partial charge in [0.15, 0.2) is 18.5 Å². The van der Waals surface area contributed by atoms with E-state index in [4.69, 9.17) is 24.1 Å². The quantitative estimate of drug-likeness (QED) is 0.602. The Bertz CT molecular complexity index is 331. The Hall–Kier alpha value is -1.22. The third-order valence-electron chi connectivity index (χ3n) is 2.63. The van der Waals surface area contributed by atoms with Crippen molar-refractivity contribution in [2.45, 2.75) is 44.6 Å². The minimum atomic E-state index is -1.33. The molecule has 0 aromatic carbocycles. The molecule has 0 saturated carbocycles. The first-order chi connectivity index (χ1) is 8.90. The number of carbonyl (C=O) groups is 2. The highest BCUT2D eigenvalue weighted by molar-refractivity contribution is 5.67. The molecule has 5 atom stereocenters. The molecule has 110 valence electrons. The number of esters is 2. The number of ether oxygens (including phenoxy) is 4. The molecule has 0 bridgehead atoms. The van der Waals surface area contributed by atoms with Gasteiger partial charge in [0, 0.05) is 21.0 Å². The maximum atomic E-state index is 11.1. The Morgan fingerprint density at radius 1 is 1.16 bits per heavy atom. The maximum absolute atomic E-state index is 11.1. The van der Waals surface area contributed by atoms with Crippen LogP contribution < -0.4 is 0 Å². The maximum Gasteiger partial charge on any atom is 0.303 e. The Kier molecular flexibility index (Phi) is 5.67. The lowest BCUT2D eigenvalue weighted by atomic mass is 9.98. The van der Waals surface area contributed by atoms with Crippen molar-refractivity contribution in [3.8, 4) is 0 Å². The lowest BCUT2D eigenvalue weighted by Gasteiger charge is -2.42. The van der Waals surface area contributed by atoms with Crippen LogP contribution in [0.15, 0.2) is 0 Å². The van der Waals surface area contributed by atoms with Crippen molar-refractivity contribution in [2.24, 2.45) is 0 Å². The van der Waals surface area contributed by atoms with Crippen molar-refractivity contribution >= 4 is 11.9 Å². The fourth-order valence-electron chi connectivity index (χ4n) is 1.87. The molecule has 0 aromatic heterocycles. The first-order valence-electron chi connectivity index (χ1n) is 5.72. The fourth-order valence-corrected chi connectivity index (χ4v) is 1.87. The fraction of sp³-hybridized carbons (Fsp3) is 0.818. The number of aliphatic hydroxyl groups excluding tert-OH is 2. The Morgan fingerprint density at radius 3 is 2.11 bits per heavy atom. The lowest BCUT2D eigenvalue weighted by molar-refractivity contribution is -0.299. The topological polar surface area (TPSA) is 112 Å². The zero-order valence-electron chi connectivity index (χ0n) is 10.9. The summed E-state index contributed by atoms with van der Waals surface area (Å²) >= 11 is 0. The van der Waals surface area contributed by atoms with Gasteiger partial charge in [0.05, 0.1) is 6.61 Å². The van der Waals surface area contributed by atoms with Crippen LogP contribution in [0.5, 0.6) is 0 Å². The van der Waals surface area contributed by atoms with E-state index in [0.29, 0.717) is 0 Å². The molecular weight excluding hydrogens is 260 g/mol. The molecule has 0 aliphatic carbocycles. The summed E-state index contributed by atoms with van der Waals surface area (Å²) in [5.74, 6) is -1.29. The van der Waals surface area contributed by atoms with E-state index >= 15 is 0 Å². The molecule has 1 heterocycles. The summed E-state index contributed by atoms with van der Waals surface area (Å²) in [4.78, 5) is 22.1. The molecule has 1 rings (SSSR count). The van der Waals surface area contributed by atoms with Crippen LogP contribution >= 0.6 is 0 Å². The van der Waals surface area contributed by atoms with Crippen molar-refractivity contribution in [3.63, 3.8) is 0 Å². The molecule has 8 nitrogen and oxygen atoms in total.